The van der Waals surface area contributed by atoms with E-state index in [4.69, 9.17) is 11.6 Å². The fourth-order valence-electron chi connectivity index (χ4n) is 2.85. The Hall–Kier alpha value is -0.870. The fourth-order valence-corrected chi connectivity index (χ4v) is 4.19. The van der Waals surface area contributed by atoms with Gasteiger partial charge in [0.1, 0.15) is 5.78 Å². The third-order valence-electron chi connectivity index (χ3n) is 3.96. The fraction of sp³-hybridized carbons (Fsp3) is 0.533. The lowest BCUT2D eigenvalue weighted by atomic mass is 9.89. The Kier molecular flexibility index (Phi) is 4.55. The third-order valence-corrected chi connectivity index (χ3v) is 5.54. The Labute approximate surface area is 125 Å². The molecular formula is C15H19ClO3S. The molecule has 3 nitrogen and oxygen atoms in total. The van der Waals surface area contributed by atoms with Crippen LogP contribution >= 0.6 is 11.6 Å². The lowest BCUT2D eigenvalue weighted by molar-refractivity contribution is -0.117. The number of sulfone groups is 1. The zero-order valence-electron chi connectivity index (χ0n) is 11.7. The number of benzene rings is 1. The molecule has 20 heavy (non-hydrogen) atoms. The Balaban J connectivity index is 2.13. The third kappa shape index (κ3) is 3.61. The summed E-state index contributed by atoms with van der Waals surface area (Å²) >= 11 is 6.06. The molecule has 1 aromatic rings. The van der Waals surface area contributed by atoms with Crippen molar-refractivity contribution in [2.75, 3.05) is 6.26 Å². The summed E-state index contributed by atoms with van der Waals surface area (Å²) in [5.74, 6) is 1.08. The maximum atomic E-state index is 11.5. The second-order valence-electron chi connectivity index (χ2n) is 5.75. The summed E-state index contributed by atoms with van der Waals surface area (Å²) in [5, 5.41) is 0.277. The largest absolute Gasteiger partial charge is 0.300 e. The van der Waals surface area contributed by atoms with Crippen molar-refractivity contribution in [3.8, 4) is 0 Å². The van der Waals surface area contributed by atoms with Gasteiger partial charge in [-0.15, -0.1) is 0 Å². The SMILES string of the molecule is C[C@H](C[C@H]1CCC(=O)C1)c1ccc(S(C)(=O)=O)c(Cl)c1. The Morgan fingerprint density at radius 1 is 1.40 bits per heavy atom. The van der Waals surface area contributed by atoms with Crippen LogP contribution in [0.25, 0.3) is 0 Å². The highest BCUT2D eigenvalue weighted by Crippen LogP contribution is 2.34. The molecule has 0 saturated heterocycles. The molecule has 1 saturated carbocycles. The van der Waals surface area contributed by atoms with Crippen LogP contribution < -0.4 is 0 Å². The molecule has 0 bridgehead atoms. The van der Waals surface area contributed by atoms with Crippen LogP contribution in [-0.4, -0.2) is 20.5 Å². The van der Waals surface area contributed by atoms with Crippen LogP contribution in [0.15, 0.2) is 23.1 Å². The molecule has 0 N–H and O–H groups in total. The number of hydrogen-bond acceptors (Lipinski definition) is 3. The number of rotatable bonds is 4. The average Bonchev–Trinajstić information content (AvgIpc) is 2.73. The molecule has 0 unspecified atom stereocenters. The first-order valence-corrected chi connectivity index (χ1v) is 9.05. The van der Waals surface area contributed by atoms with E-state index in [9.17, 15) is 13.2 Å². The van der Waals surface area contributed by atoms with Crippen LogP contribution in [0.3, 0.4) is 0 Å². The highest BCUT2D eigenvalue weighted by Gasteiger charge is 2.24. The Bertz CT molecular complexity index is 622. The van der Waals surface area contributed by atoms with Crippen molar-refractivity contribution in [1.29, 1.82) is 0 Å². The van der Waals surface area contributed by atoms with Gasteiger partial charge in [0, 0.05) is 19.1 Å². The number of halogens is 1. The van der Waals surface area contributed by atoms with E-state index in [-0.39, 0.29) is 15.8 Å². The van der Waals surface area contributed by atoms with Crippen LogP contribution in [0.1, 0.15) is 44.1 Å². The van der Waals surface area contributed by atoms with Gasteiger partial charge in [-0.1, -0.05) is 24.6 Å². The van der Waals surface area contributed by atoms with Gasteiger partial charge in [0.25, 0.3) is 0 Å². The van der Waals surface area contributed by atoms with Crippen molar-refractivity contribution in [2.45, 2.75) is 43.4 Å². The van der Waals surface area contributed by atoms with Crippen molar-refractivity contribution < 1.29 is 13.2 Å². The molecule has 1 fully saturated rings. The van der Waals surface area contributed by atoms with E-state index in [1.54, 1.807) is 12.1 Å². The van der Waals surface area contributed by atoms with Gasteiger partial charge >= 0.3 is 0 Å². The second-order valence-corrected chi connectivity index (χ2v) is 8.14. The van der Waals surface area contributed by atoms with Crippen molar-refractivity contribution in [1.82, 2.24) is 0 Å². The van der Waals surface area contributed by atoms with Gasteiger partial charge < -0.3 is 0 Å². The van der Waals surface area contributed by atoms with E-state index in [0.717, 1.165) is 24.7 Å². The first kappa shape index (κ1) is 15.5. The van der Waals surface area contributed by atoms with Gasteiger partial charge in [-0.3, -0.25) is 4.79 Å². The van der Waals surface area contributed by atoms with Crippen LogP contribution in [0.5, 0.6) is 0 Å². The van der Waals surface area contributed by atoms with Crippen molar-refractivity contribution in [3.05, 3.63) is 28.8 Å². The van der Waals surface area contributed by atoms with Gasteiger partial charge in [-0.2, -0.15) is 0 Å². The van der Waals surface area contributed by atoms with E-state index in [2.05, 4.69) is 6.92 Å². The molecule has 0 aromatic heterocycles. The maximum absolute atomic E-state index is 11.5. The number of carbonyl (C=O) groups excluding carboxylic acids is 1. The Morgan fingerprint density at radius 3 is 2.60 bits per heavy atom. The van der Waals surface area contributed by atoms with E-state index in [1.807, 2.05) is 6.07 Å². The topological polar surface area (TPSA) is 51.2 Å². The molecule has 2 atom stereocenters. The minimum atomic E-state index is -3.28. The van der Waals surface area contributed by atoms with E-state index in [0.29, 0.717) is 24.5 Å². The molecule has 1 aliphatic carbocycles. The summed E-state index contributed by atoms with van der Waals surface area (Å²) in [6, 6.07) is 5.13. The maximum Gasteiger partial charge on any atom is 0.176 e. The quantitative estimate of drug-likeness (QED) is 0.853. The van der Waals surface area contributed by atoms with Crippen LogP contribution in [0.2, 0.25) is 5.02 Å². The summed E-state index contributed by atoms with van der Waals surface area (Å²) < 4.78 is 23.1. The summed E-state index contributed by atoms with van der Waals surface area (Å²) in [5.41, 5.74) is 1.03. The van der Waals surface area contributed by atoms with Crippen molar-refractivity contribution in [3.63, 3.8) is 0 Å². The van der Waals surface area contributed by atoms with Crippen LogP contribution in [-0.2, 0) is 14.6 Å². The zero-order chi connectivity index (χ0) is 14.9. The van der Waals surface area contributed by atoms with Gasteiger partial charge in [0.05, 0.1) is 9.92 Å². The van der Waals surface area contributed by atoms with Crippen LogP contribution in [0.4, 0.5) is 0 Å². The monoisotopic (exact) mass is 314 g/mol. The smallest absolute Gasteiger partial charge is 0.176 e. The molecule has 2 rings (SSSR count). The number of carbonyl (C=O) groups is 1. The summed E-state index contributed by atoms with van der Waals surface area (Å²) in [6.45, 7) is 2.09. The highest BCUT2D eigenvalue weighted by molar-refractivity contribution is 7.90. The molecule has 1 aromatic carbocycles. The Morgan fingerprint density at radius 2 is 2.10 bits per heavy atom. The highest BCUT2D eigenvalue weighted by atomic mass is 35.5. The van der Waals surface area contributed by atoms with Crippen molar-refractivity contribution in [2.24, 2.45) is 5.92 Å². The predicted octanol–water partition coefficient (Wildman–Crippen LogP) is 3.61. The summed E-state index contributed by atoms with van der Waals surface area (Å²) in [4.78, 5) is 11.5. The lowest BCUT2D eigenvalue weighted by Crippen LogP contribution is -2.04. The number of Topliss-reactive ketones (excluding diaryl/α,β-unsaturated/α-hetero) is 1. The minimum Gasteiger partial charge on any atom is -0.300 e. The molecule has 0 heterocycles. The van der Waals surface area contributed by atoms with Gasteiger partial charge in [0.15, 0.2) is 9.84 Å². The van der Waals surface area contributed by atoms with E-state index in [1.165, 1.54) is 0 Å². The van der Waals surface area contributed by atoms with Gasteiger partial charge in [-0.05, 0) is 42.4 Å². The zero-order valence-corrected chi connectivity index (χ0v) is 13.3. The lowest BCUT2D eigenvalue weighted by Gasteiger charge is -2.17. The summed E-state index contributed by atoms with van der Waals surface area (Å²) in [6.07, 6.45) is 4.45. The second kappa shape index (κ2) is 5.86. The molecular weight excluding hydrogens is 296 g/mol. The number of hydrogen-bond donors (Lipinski definition) is 0. The molecule has 5 heteroatoms. The molecule has 1 aliphatic rings. The standard InChI is InChI=1S/C15H19ClO3S/c1-10(7-11-3-5-13(17)8-11)12-4-6-15(14(16)9-12)20(2,18)19/h4,6,9-11H,3,5,7-8H2,1-2H3/t10-,11-/m1/s1. The average molecular weight is 315 g/mol. The molecule has 0 amide bonds. The first-order chi connectivity index (χ1) is 9.27. The van der Waals surface area contributed by atoms with Gasteiger partial charge in [0.2, 0.25) is 0 Å². The molecule has 0 spiro atoms. The normalized spacial score (nSPS) is 21.1. The number of ketones is 1. The van der Waals surface area contributed by atoms with Crippen molar-refractivity contribution >= 4 is 27.2 Å². The molecule has 0 aliphatic heterocycles. The molecule has 110 valence electrons. The summed E-state index contributed by atoms with van der Waals surface area (Å²) in [7, 11) is -3.28. The van der Waals surface area contributed by atoms with Crippen LogP contribution in [0, 0.1) is 5.92 Å². The van der Waals surface area contributed by atoms with E-state index >= 15 is 0 Å². The first-order valence-electron chi connectivity index (χ1n) is 6.78. The predicted molar refractivity (Wildman–Crippen MR) is 79.9 cm³/mol. The van der Waals surface area contributed by atoms with Gasteiger partial charge in [-0.25, -0.2) is 8.42 Å². The minimum absolute atomic E-state index is 0.172. The van der Waals surface area contributed by atoms with E-state index < -0.39 is 9.84 Å². The molecule has 0 radical (unpaired) electrons.